The zero-order chi connectivity index (χ0) is 13.7. The molecule has 0 heterocycles. The van der Waals surface area contributed by atoms with Crippen molar-refractivity contribution in [2.75, 3.05) is 59.5 Å². The maximum Gasteiger partial charge on any atom is 0.411 e. The molecule has 0 atom stereocenters. The maximum absolute atomic E-state index is 11.6. The highest BCUT2D eigenvalue weighted by molar-refractivity contribution is 4.45. The minimum absolute atomic E-state index is 0.0267. The molecule has 0 bridgehead atoms. The molecule has 0 amide bonds. The second kappa shape index (κ2) is 11.7. The lowest BCUT2D eigenvalue weighted by atomic mass is 10.6. The van der Waals surface area contributed by atoms with Crippen molar-refractivity contribution in [1.29, 1.82) is 0 Å². The van der Waals surface area contributed by atoms with E-state index in [0.29, 0.717) is 19.8 Å². The van der Waals surface area contributed by atoms with E-state index in [1.165, 1.54) is 0 Å². The van der Waals surface area contributed by atoms with Crippen LogP contribution in [0.2, 0.25) is 0 Å². The molecule has 0 radical (unpaired) electrons. The molecule has 0 fully saturated rings. The van der Waals surface area contributed by atoms with Gasteiger partial charge < -0.3 is 24.1 Å². The van der Waals surface area contributed by atoms with Crippen molar-refractivity contribution in [3.8, 4) is 0 Å². The highest BCUT2D eigenvalue weighted by atomic mass is 19.4. The molecule has 18 heavy (non-hydrogen) atoms. The number of aliphatic hydroxyl groups excluding tert-OH is 1. The monoisotopic (exact) mass is 276 g/mol. The molecule has 0 rings (SSSR count). The van der Waals surface area contributed by atoms with Gasteiger partial charge in [0.25, 0.3) is 0 Å². The first-order valence-corrected chi connectivity index (χ1v) is 5.55. The van der Waals surface area contributed by atoms with Crippen LogP contribution in [-0.4, -0.2) is 70.7 Å². The standard InChI is InChI=1S/C10H19F3O5/c11-10(12,13)9-18-8-7-17-6-5-16-4-3-15-2-1-14/h14H,1-9H2. The van der Waals surface area contributed by atoms with E-state index >= 15 is 0 Å². The lowest BCUT2D eigenvalue weighted by Gasteiger charge is -2.08. The van der Waals surface area contributed by atoms with Gasteiger partial charge in [-0.25, -0.2) is 0 Å². The van der Waals surface area contributed by atoms with Gasteiger partial charge in [0.15, 0.2) is 0 Å². The summed E-state index contributed by atoms with van der Waals surface area (Å²) in [6.45, 7) is 0.381. The Hall–Kier alpha value is -0.410. The number of halogens is 3. The zero-order valence-corrected chi connectivity index (χ0v) is 10.1. The molecule has 0 aromatic carbocycles. The van der Waals surface area contributed by atoms with E-state index in [0.717, 1.165) is 0 Å². The van der Waals surface area contributed by atoms with Gasteiger partial charge in [-0.2, -0.15) is 13.2 Å². The third-order valence-electron chi connectivity index (χ3n) is 1.62. The van der Waals surface area contributed by atoms with E-state index in [-0.39, 0.29) is 33.0 Å². The Morgan fingerprint density at radius 2 is 1.06 bits per heavy atom. The zero-order valence-electron chi connectivity index (χ0n) is 10.1. The summed E-state index contributed by atoms with van der Waals surface area (Å²) in [6, 6.07) is 0. The molecule has 0 saturated heterocycles. The molecule has 5 nitrogen and oxygen atoms in total. The van der Waals surface area contributed by atoms with Crippen molar-refractivity contribution < 1.29 is 37.2 Å². The number of aliphatic hydroxyl groups is 1. The quantitative estimate of drug-likeness (QED) is 0.529. The summed E-state index contributed by atoms with van der Waals surface area (Å²) in [7, 11) is 0. The Balaban J connectivity index is 2.99. The summed E-state index contributed by atoms with van der Waals surface area (Å²) in [6.07, 6.45) is -4.29. The Morgan fingerprint density at radius 1 is 0.667 bits per heavy atom. The molecule has 0 saturated carbocycles. The first kappa shape index (κ1) is 17.6. The average Bonchev–Trinajstić information content (AvgIpc) is 2.29. The fourth-order valence-corrected chi connectivity index (χ4v) is 0.912. The van der Waals surface area contributed by atoms with Crippen molar-refractivity contribution in [3.05, 3.63) is 0 Å². The Labute approximate surface area is 104 Å². The minimum Gasteiger partial charge on any atom is -0.394 e. The number of hydrogen-bond acceptors (Lipinski definition) is 5. The van der Waals surface area contributed by atoms with E-state index in [1.54, 1.807) is 0 Å². The van der Waals surface area contributed by atoms with Crippen LogP contribution in [0.3, 0.4) is 0 Å². The molecule has 8 heteroatoms. The lowest BCUT2D eigenvalue weighted by molar-refractivity contribution is -0.176. The fraction of sp³-hybridized carbons (Fsp3) is 1.00. The summed E-state index contributed by atoms with van der Waals surface area (Å²) in [5.74, 6) is 0. The summed E-state index contributed by atoms with van der Waals surface area (Å²) in [5.41, 5.74) is 0. The predicted molar refractivity (Wildman–Crippen MR) is 56.4 cm³/mol. The van der Waals surface area contributed by atoms with Gasteiger partial charge in [-0.15, -0.1) is 0 Å². The van der Waals surface area contributed by atoms with Gasteiger partial charge in [0.2, 0.25) is 0 Å². The summed E-state index contributed by atoms with van der Waals surface area (Å²) < 4.78 is 54.3. The third kappa shape index (κ3) is 15.6. The first-order chi connectivity index (χ1) is 8.56. The van der Waals surface area contributed by atoms with Crippen molar-refractivity contribution in [2.45, 2.75) is 6.18 Å². The van der Waals surface area contributed by atoms with Gasteiger partial charge in [0, 0.05) is 0 Å². The lowest BCUT2D eigenvalue weighted by Crippen LogP contribution is -2.19. The number of ether oxygens (including phenoxy) is 4. The van der Waals surface area contributed by atoms with Gasteiger partial charge in [-0.3, -0.25) is 0 Å². The molecule has 0 aliphatic rings. The molecule has 0 aliphatic heterocycles. The summed E-state index contributed by atoms with van der Waals surface area (Å²) in [5, 5.41) is 8.39. The molecule has 0 spiro atoms. The van der Waals surface area contributed by atoms with Gasteiger partial charge in [-0.05, 0) is 0 Å². The molecular formula is C10H19F3O5. The second-order valence-electron chi connectivity index (χ2n) is 3.23. The molecule has 0 aliphatic carbocycles. The van der Waals surface area contributed by atoms with Crippen LogP contribution in [0.4, 0.5) is 13.2 Å². The summed E-state index contributed by atoms with van der Waals surface area (Å²) >= 11 is 0. The van der Waals surface area contributed by atoms with E-state index < -0.39 is 12.8 Å². The molecule has 0 unspecified atom stereocenters. The van der Waals surface area contributed by atoms with E-state index in [4.69, 9.17) is 19.3 Å². The maximum atomic E-state index is 11.6. The van der Waals surface area contributed by atoms with Gasteiger partial charge in [-0.1, -0.05) is 0 Å². The van der Waals surface area contributed by atoms with Crippen molar-refractivity contribution >= 4 is 0 Å². The van der Waals surface area contributed by atoms with Crippen LogP contribution in [0.5, 0.6) is 0 Å². The van der Waals surface area contributed by atoms with Crippen molar-refractivity contribution in [2.24, 2.45) is 0 Å². The minimum atomic E-state index is -4.29. The SMILES string of the molecule is OCCOCCOCCOCCOCC(F)(F)F. The average molecular weight is 276 g/mol. The van der Waals surface area contributed by atoms with Crippen LogP contribution in [0.25, 0.3) is 0 Å². The van der Waals surface area contributed by atoms with Gasteiger partial charge in [0.1, 0.15) is 6.61 Å². The molecule has 0 aromatic rings. The Morgan fingerprint density at radius 3 is 1.44 bits per heavy atom. The van der Waals surface area contributed by atoms with Crippen LogP contribution in [-0.2, 0) is 18.9 Å². The Bertz CT molecular complexity index is 177. The van der Waals surface area contributed by atoms with E-state index in [2.05, 4.69) is 4.74 Å². The second-order valence-corrected chi connectivity index (χ2v) is 3.23. The number of hydrogen-bond donors (Lipinski definition) is 1. The topological polar surface area (TPSA) is 57.2 Å². The summed E-state index contributed by atoms with van der Waals surface area (Å²) in [4.78, 5) is 0. The predicted octanol–water partition coefficient (Wildman–Crippen LogP) is 0.607. The highest BCUT2D eigenvalue weighted by Crippen LogP contribution is 2.13. The first-order valence-electron chi connectivity index (χ1n) is 5.55. The molecule has 1 N–H and O–H groups in total. The Kier molecular flexibility index (Phi) is 11.4. The van der Waals surface area contributed by atoms with Crippen LogP contribution in [0.1, 0.15) is 0 Å². The fourth-order valence-electron chi connectivity index (χ4n) is 0.912. The smallest absolute Gasteiger partial charge is 0.394 e. The van der Waals surface area contributed by atoms with Crippen LogP contribution >= 0.6 is 0 Å². The highest BCUT2D eigenvalue weighted by Gasteiger charge is 2.27. The van der Waals surface area contributed by atoms with Crippen LogP contribution in [0, 0.1) is 0 Å². The third-order valence-corrected chi connectivity index (χ3v) is 1.62. The molecule has 110 valence electrons. The van der Waals surface area contributed by atoms with E-state index in [9.17, 15) is 13.2 Å². The van der Waals surface area contributed by atoms with Gasteiger partial charge in [0.05, 0.1) is 52.9 Å². The van der Waals surface area contributed by atoms with Crippen molar-refractivity contribution in [3.63, 3.8) is 0 Å². The van der Waals surface area contributed by atoms with Crippen LogP contribution < -0.4 is 0 Å². The number of rotatable bonds is 12. The molecular weight excluding hydrogens is 257 g/mol. The normalized spacial score (nSPS) is 12.0. The van der Waals surface area contributed by atoms with Gasteiger partial charge >= 0.3 is 6.18 Å². The van der Waals surface area contributed by atoms with Crippen molar-refractivity contribution in [1.82, 2.24) is 0 Å². The largest absolute Gasteiger partial charge is 0.411 e. The number of alkyl halides is 3. The van der Waals surface area contributed by atoms with Crippen LogP contribution in [0.15, 0.2) is 0 Å². The molecule has 0 aromatic heterocycles. The van der Waals surface area contributed by atoms with E-state index in [1.807, 2.05) is 0 Å².